The maximum absolute atomic E-state index is 10.6. The van der Waals surface area contributed by atoms with Crippen LogP contribution in [0.4, 0.5) is 0 Å². The Morgan fingerprint density at radius 2 is 1.36 bits per heavy atom. The molecule has 0 aliphatic carbocycles. The largest absolute Gasteiger partial charge is 0.388 e. The molecule has 0 saturated heterocycles. The Morgan fingerprint density at radius 1 is 0.800 bits per heavy atom. The lowest BCUT2D eigenvalue weighted by Crippen LogP contribution is -2.21. The van der Waals surface area contributed by atoms with E-state index in [0.717, 1.165) is 17.4 Å². The van der Waals surface area contributed by atoms with Crippen molar-refractivity contribution < 1.29 is 5.11 Å². The lowest BCUT2D eigenvalue weighted by Gasteiger charge is -2.28. The molecular weight excluding hydrogens is 304 g/mol. The Kier molecular flexibility index (Phi) is 11.7. The quantitative estimate of drug-likeness (QED) is 0.388. The number of aliphatic hydroxyl groups is 1. The van der Waals surface area contributed by atoms with Crippen molar-refractivity contribution in [3.05, 3.63) is 23.3 Å². The maximum Gasteiger partial charge on any atom is 0.0807 e. The molecule has 0 amide bonds. The number of allylic oxidation sites excluding steroid dienone is 2. The molecule has 1 N–H and O–H groups in total. The van der Waals surface area contributed by atoms with Gasteiger partial charge < -0.3 is 5.11 Å². The van der Waals surface area contributed by atoms with E-state index in [4.69, 9.17) is 0 Å². The van der Waals surface area contributed by atoms with E-state index in [2.05, 4.69) is 81.4 Å². The molecule has 0 aromatic heterocycles. The van der Waals surface area contributed by atoms with E-state index in [1.165, 1.54) is 24.8 Å². The normalized spacial score (nSPS) is 21.0. The van der Waals surface area contributed by atoms with Crippen molar-refractivity contribution in [2.24, 2.45) is 35.5 Å². The highest BCUT2D eigenvalue weighted by Crippen LogP contribution is 2.31. The van der Waals surface area contributed by atoms with Crippen molar-refractivity contribution >= 4 is 0 Å². The third-order valence-corrected chi connectivity index (χ3v) is 6.09. The zero-order valence-corrected chi connectivity index (χ0v) is 18.8. The molecule has 7 unspecified atom stereocenters. The molecule has 0 aromatic rings. The van der Waals surface area contributed by atoms with Gasteiger partial charge in [0.05, 0.1) is 6.10 Å². The van der Waals surface area contributed by atoms with E-state index < -0.39 is 0 Å². The van der Waals surface area contributed by atoms with Crippen LogP contribution in [-0.2, 0) is 0 Å². The molecule has 0 bridgehead atoms. The monoisotopic (exact) mass is 350 g/mol. The highest BCUT2D eigenvalue weighted by Gasteiger charge is 2.22. The van der Waals surface area contributed by atoms with Gasteiger partial charge in [-0.25, -0.2) is 0 Å². The smallest absolute Gasteiger partial charge is 0.0807 e. The van der Waals surface area contributed by atoms with Crippen LogP contribution in [-0.4, -0.2) is 11.2 Å². The van der Waals surface area contributed by atoms with Gasteiger partial charge >= 0.3 is 0 Å². The average molecular weight is 351 g/mol. The fourth-order valence-corrected chi connectivity index (χ4v) is 4.01. The maximum atomic E-state index is 10.6. The second-order valence-corrected chi connectivity index (χ2v) is 9.24. The molecule has 0 aromatic carbocycles. The van der Waals surface area contributed by atoms with Crippen molar-refractivity contribution in [3.8, 4) is 0 Å². The third-order valence-electron chi connectivity index (χ3n) is 6.09. The number of hydrogen-bond donors (Lipinski definition) is 1. The van der Waals surface area contributed by atoms with E-state index in [1.807, 2.05) is 0 Å². The summed E-state index contributed by atoms with van der Waals surface area (Å²) in [5.41, 5.74) is 2.38. The summed E-state index contributed by atoms with van der Waals surface area (Å²) in [5, 5.41) is 10.6. The first kappa shape index (κ1) is 24.4. The molecule has 0 radical (unpaired) electrons. The van der Waals surface area contributed by atoms with Crippen molar-refractivity contribution in [2.75, 3.05) is 0 Å². The van der Waals surface area contributed by atoms with Gasteiger partial charge in [-0.05, 0) is 68.8 Å². The Labute approximate surface area is 159 Å². The number of rotatable bonds is 11. The van der Waals surface area contributed by atoms with E-state index >= 15 is 0 Å². The van der Waals surface area contributed by atoms with Gasteiger partial charge in [-0.3, -0.25) is 0 Å². The van der Waals surface area contributed by atoms with Crippen molar-refractivity contribution in [1.82, 2.24) is 0 Å². The minimum absolute atomic E-state index is 0.178. The van der Waals surface area contributed by atoms with E-state index in [9.17, 15) is 5.11 Å². The summed E-state index contributed by atoms with van der Waals surface area (Å²) in [5.74, 6) is 3.67. The summed E-state index contributed by atoms with van der Waals surface area (Å²) >= 11 is 0. The summed E-state index contributed by atoms with van der Waals surface area (Å²) < 4.78 is 0. The Balaban J connectivity index is 4.75. The number of aliphatic hydroxyl groups excluding tert-OH is 1. The SMILES string of the molecule is CCC(C)CC(C)CC(C)C(C)C(C)/C=C(\C)C(O)C(C)C=C(C)C. The first-order valence-corrected chi connectivity index (χ1v) is 10.5. The summed E-state index contributed by atoms with van der Waals surface area (Å²) in [6.45, 7) is 22.5. The van der Waals surface area contributed by atoms with Gasteiger partial charge in [0.15, 0.2) is 0 Å². The first-order valence-electron chi connectivity index (χ1n) is 10.5. The van der Waals surface area contributed by atoms with Crippen LogP contribution in [0.25, 0.3) is 0 Å². The molecule has 0 heterocycles. The predicted octanol–water partition coefficient (Wildman–Crippen LogP) is 7.27. The van der Waals surface area contributed by atoms with Gasteiger partial charge in [-0.1, -0.05) is 72.6 Å². The first-order chi connectivity index (χ1) is 11.5. The fourth-order valence-electron chi connectivity index (χ4n) is 4.01. The van der Waals surface area contributed by atoms with Gasteiger partial charge in [0, 0.05) is 5.92 Å². The molecular formula is C24H46O. The van der Waals surface area contributed by atoms with Gasteiger partial charge in [0.2, 0.25) is 0 Å². The molecule has 0 saturated carbocycles. The molecule has 7 atom stereocenters. The Morgan fingerprint density at radius 3 is 1.84 bits per heavy atom. The summed E-state index contributed by atoms with van der Waals surface area (Å²) in [6.07, 6.45) is 8.03. The predicted molar refractivity (Wildman–Crippen MR) is 114 cm³/mol. The zero-order valence-electron chi connectivity index (χ0n) is 18.8. The summed E-state index contributed by atoms with van der Waals surface area (Å²) in [7, 11) is 0. The standard InChI is InChI=1S/C24H46O/c1-11-17(4)13-18(5)14-19(6)23(10)20(7)15-22(9)24(25)21(8)12-16(2)3/h12,15,17-21,23-25H,11,13-14H2,1-10H3/b22-15+. The Hall–Kier alpha value is -0.560. The second-order valence-electron chi connectivity index (χ2n) is 9.24. The van der Waals surface area contributed by atoms with Gasteiger partial charge in [0.25, 0.3) is 0 Å². The van der Waals surface area contributed by atoms with Gasteiger partial charge in [-0.2, -0.15) is 0 Å². The molecule has 25 heavy (non-hydrogen) atoms. The minimum atomic E-state index is -0.371. The summed E-state index contributed by atoms with van der Waals surface area (Å²) in [4.78, 5) is 0. The van der Waals surface area contributed by atoms with Gasteiger partial charge in [-0.15, -0.1) is 0 Å². The second kappa shape index (κ2) is 11.9. The Bertz CT molecular complexity index is 416. The van der Waals surface area contributed by atoms with Crippen LogP contribution >= 0.6 is 0 Å². The molecule has 1 heteroatoms. The molecule has 0 aliphatic heterocycles. The minimum Gasteiger partial charge on any atom is -0.388 e. The van der Waals surface area contributed by atoms with Crippen LogP contribution in [0.2, 0.25) is 0 Å². The lowest BCUT2D eigenvalue weighted by atomic mass is 9.77. The van der Waals surface area contributed by atoms with E-state index in [0.29, 0.717) is 17.8 Å². The van der Waals surface area contributed by atoms with E-state index in [1.54, 1.807) is 0 Å². The van der Waals surface area contributed by atoms with Crippen LogP contribution in [0.3, 0.4) is 0 Å². The highest BCUT2D eigenvalue weighted by molar-refractivity contribution is 5.12. The lowest BCUT2D eigenvalue weighted by molar-refractivity contribution is 0.170. The summed E-state index contributed by atoms with van der Waals surface area (Å²) in [6, 6.07) is 0. The van der Waals surface area contributed by atoms with Crippen LogP contribution in [0.15, 0.2) is 23.3 Å². The van der Waals surface area contributed by atoms with E-state index in [-0.39, 0.29) is 12.0 Å². The van der Waals surface area contributed by atoms with Crippen LogP contribution in [0, 0.1) is 35.5 Å². The topological polar surface area (TPSA) is 20.2 Å². The van der Waals surface area contributed by atoms with Crippen molar-refractivity contribution in [1.29, 1.82) is 0 Å². The molecule has 0 aliphatic rings. The van der Waals surface area contributed by atoms with Crippen LogP contribution < -0.4 is 0 Å². The molecule has 0 rings (SSSR count). The molecule has 1 nitrogen and oxygen atoms in total. The van der Waals surface area contributed by atoms with Crippen molar-refractivity contribution in [2.45, 2.75) is 94.6 Å². The van der Waals surface area contributed by atoms with Crippen molar-refractivity contribution in [3.63, 3.8) is 0 Å². The molecule has 0 spiro atoms. The van der Waals surface area contributed by atoms with Crippen LogP contribution in [0.1, 0.15) is 88.5 Å². The number of hydrogen-bond acceptors (Lipinski definition) is 1. The van der Waals surface area contributed by atoms with Gasteiger partial charge in [0.1, 0.15) is 0 Å². The average Bonchev–Trinajstić information content (AvgIpc) is 2.51. The molecule has 148 valence electrons. The highest BCUT2D eigenvalue weighted by atomic mass is 16.3. The molecule has 0 fully saturated rings. The third kappa shape index (κ3) is 9.64. The zero-order chi connectivity index (χ0) is 19.7. The van der Waals surface area contributed by atoms with Crippen LogP contribution in [0.5, 0.6) is 0 Å². The fraction of sp³-hybridized carbons (Fsp3) is 0.833.